The molecule has 0 unspecified atom stereocenters. The van der Waals surface area contributed by atoms with Crippen molar-refractivity contribution in [1.29, 1.82) is 0 Å². The summed E-state index contributed by atoms with van der Waals surface area (Å²) in [6.07, 6.45) is 0.908. The van der Waals surface area contributed by atoms with E-state index in [2.05, 4.69) is 4.90 Å². The molecule has 1 aliphatic rings. The fourth-order valence-corrected chi connectivity index (χ4v) is 3.01. The minimum atomic E-state index is -0.217. The number of ether oxygens (including phenoxy) is 1. The second-order valence-corrected chi connectivity index (χ2v) is 5.36. The lowest BCUT2D eigenvalue weighted by Crippen LogP contribution is -2.19. The largest absolute Gasteiger partial charge is 0.496 e. The van der Waals surface area contributed by atoms with Crippen LogP contribution in [0.2, 0.25) is 0 Å². The van der Waals surface area contributed by atoms with Gasteiger partial charge in [0.05, 0.1) is 7.11 Å². The van der Waals surface area contributed by atoms with Crippen LogP contribution in [-0.2, 0) is 6.42 Å². The first-order chi connectivity index (χ1) is 10.1. The Morgan fingerprint density at radius 2 is 2.05 bits per heavy atom. The Kier molecular flexibility index (Phi) is 3.55. The normalized spacial score (nSPS) is 15.0. The van der Waals surface area contributed by atoms with Crippen LogP contribution in [0.5, 0.6) is 5.75 Å². The zero-order valence-electron chi connectivity index (χ0n) is 12.3. The van der Waals surface area contributed by atoms with Gasteiger partial charge in [-0.05, 0) is 43.2 Å². The van der Waals surface area contributed by atoms with Crippen molar-refractivity contribution in [3.05, 3.63) is 53.3 Å². The Morgan fingerprint density at radius 1 is 1.24 bits per heavy atom. The van der Waals surface area contributed by atoms with Crippen molar-refractivity contribution in [1.82, 2.24) is 0 Å². The van der Waals surface area contributed by atoms with Crippen LogP contribution in [0.25, 0.3) is 0 Å². The predicted octanol–water partition coefficient (Wildman–Crippen LogP) is 3.55. The molecule has 2 N–H and O–H groups in total. The van der Waals surface area contributed by atoms with Crippen LogP contribution in [0.4, 0.5) is 15.8 Å². The number of methoxy groups -OCH3 is 1. The molecule has 0 radical (unpaired) electrons. The van der Waals surface area contributed by atoms with E-state index >= 15 is 0 Å². The third-order valence-electron chi connectivity index (χ3n) is 3.95. The summed E-state index contributed by atoms with van der Waals surface area (Å²) in [7, 11) is 1.64. The molecule has 3 rings (SSSR count). The first kappa shape index (κ1) is 13.9. The Labute approximate surface area is 124 Å². The van der Waals surface area contributed by atoms with E-state index in [0.717, 1.165) is 41.2 Å². The summed E-state index contributed by atoms with van der Waals surface area (Å²) in [5.41, 5.74) is 10.2. The van der Waals surface area contributed by atoms with Gasteiger partial charge in [0.1, 0.15) is 11.6 Å². The third kappa shape index (κ3) is 2.36. The predicted molar refractivity (Wildman–Crippen MR) is 82.7 cm³/mol. The minimum absolute atomic E-state index is 0.159. The molecule has 3 nitrogen and oxygen atoms in total. The molecule has 0 saturated heterocycles. The maximum Gasteiger partial charge on any atom is 0.125 e. The second kappa shape index (κ2) is 5.37. The maximum absolute atomic E-state index is 13.6. The van der Waals surface area contributed by atoms with Crippen LogP contribution < -0.4 is 15.4 Å². The van der Waals surface area contributed by atoms with E-state index in [4.69, 9.17) is 10.5 Å². The molecule has 1 aliphatic heterocycles. The molecule has 0 amide bonds. The van der Waals surface area contributed by atoms with Gasteiger partial charge in [-0.15, -0.1) is 0 Å². The van der Waals surface area contributed by atoms with E-state index in [1.807, 2.05) is 31.2 Å². The lowest BCUT2D eigenvalue weighted by atomic mass is 10.0. The molecule has 21 heavy (non-hydrogen) atoms. The molecule has 4 heteroatoms. The lowest BCUT2D eigenvalue weighted by molar-refractivity contribution is 0.407. The molecule has 0 aliphatic carbocycles. The number of nitrogens with two attached hydrogens (primary N) is 1. The monoisotopic (exact) mass is 286 g/mol. The number of anilines is 2. The molecule has 0 saturated carbocycles. The van der Waals surface area contributed by atoms with Crippen molar-refractivity contribution in [2.24, 2.45) is 5.73 Å². The highest BCUT2D eigenvalue weighted by atomic mass is 19.1. The van der Waals surface area contributed by atoms with E-state index < -0.39 is 0 Å². The van der Waals surface area contributed by atoms with Gasteiger partial charge >= 0.3 is 0 Å². The van der Waals surface area contributed by atoms with Crippen LogP contribution in [0.1, 0.15) is 24.1 Å². The van der Waals surface area contributed by atoms with Gasteiger partial charge in [0.25, 0.3) is 0 Å². The average molecular weight is 286 g/mol. The van der Waals surface area contributed by atoms with E-state index in [1.165, 1.54) is 6.07 Å². The highest BCUT2D eigenvalue weighted by molar-refractivity contribution is 5.74. The van der Waals surface area contributed by atoms with E-state index in [9.17, 15) is 4.39 Å². The summed E-state index contributed by atoms with van der Waals surface area (Å²) in [6, 6.07) is 10.7. The van der Waals surface area contributed by atoms with Crippen LogP contribution >= 0.6 is 0 Å². The zero-order chi connectivity index (χ0) is 15.0. The number of fused-ring (bicyclic) bond motifs is 1. The first-order valence-corrected chi connectivity index (χ1v) is 7.10. The summed E-state index contributed by atoms with van der Waals surface area (Å²) in [5.74, 6) is 0.554. The SMILES string of the molecule is COc1cccc(N2CCc3ccc(F)cc32)c1[C@H](C)N. The number of nitrogens with zero attached hydrogens (tertiary/aromatic N) is 1. The standard InChI is InChI=1S/C17H19FN2O/c1-11(19)17-14(4-3-5-16(17)21-2)20-9-8-12-6-7-13(18)10-15(12)20/h3-7,10-11H,8-9,19H2,1-2H3/t11-/m0/s1. The molecule has 0 fully saturated rings. The van der Waals surface area contributed by atoms with E-state index in [1.54, 1.807) is 13.2 Å². The molecule has 0 bridgehead atoms. The summed E-state index contributed by atoms with van der Waals surface area (Å²) in [4.78, 5) is 2.12. The van der Waals surface area contributed by atoms with Crippen molar-refractivity contribution in [2.75, 3.05) is 18.6 Å². The van der Waals surface area contributed by atoms with Gasteiger partial charge in [-0.25, -0.2) is 4.39 Å². The summed E-state index contributed by atoms with van der Waals surface area (Å²) in [5, 5.41) is 0. The molecule has 110 valence electrons. The van der Waals surface area contributed by atoms with Gasteiger partial charge in [0, 0.05) is 29.5 Å². The summed E-state index contributed by atoms with van der Waals surface area (Å²) < 4.78 is 19.0. The second-order valence-electron chi connectivity index (χ2n) is 5.36. The van der Waals surface area contributed by atoms with Crippen LogP contribution in [0, 0.1) is 5.82 Å². The van der Waals surface area contributed by atoms with Gasteiger partial charge in [0.2, 0.25) is 0 Å². The molecular weight excluding hydrogens is 267 g/mol. The Morgan fingerprint density at radius 3 is 2.76 bits per heavy atom. The number of rotatable bonds is 3. The fraction of sp³-hybridized carbons (Fsp3) is 0.294. The molecule has 2 aromatic rings. The number of benzene rings is 2. The maximum atomic E-state index is 13.6. The molecule has 2 aromatic carbocycles. The fourth-order valence-electron chi connectivity index (χ4n) is 3.01. The lowest BCUT2D eigenvalue weighted by Gasteiger charge is -2.25. The molecular formula is C17H19FN2O. The molecule has 1 atom stereocenters. The van der Waals surface area contributed by atoms with E-state index in [0.29, 0.717) is 0 Å². The van der Waals surface area contributed by atoms with Gasteiger partial charge in [-0.3, -0.25) is 0 Å². The van der Waals surface area contributed by atoms with Crippen molar-refractivity contribution in [3.8, 4) is 5.75 Å². The highest BCUT2D eigenvalue weighted by Crippen LogP contribution is 2.41. The molecule has 0 aromatic heterocycles. The number of halogens is 1. The first-order valence-electron chi connectivity index (χ1n) is 7.10. The molecule has 0 spiro atoms. The Hall–Kier alpha value is -2.07. The third-order valence-corrected chi connectivity index (χ3v) is 3.95. The topological polar surface area (TPSA) is 38.5 Å². The Balaban J connectivity index is 2.13. The van der Waals surface area contributed by atoms with Crippen molar-refractivity contribution in [3.63, 3.8) is 0 Å². The van der Waals surface area contributed by atoms with Crippen molar-refractivity contribution >= 4 is 11.4 Å². The minimum Gasteiger partial charge on any atom is -0.496 e. The van der Waals surface area contributed by atoms with Gasteiger partial charge in [-0.1, -0.05) is 12.1 Å². The summed E-state index contributed by atoms with van der Waals surface area (Å²) >= 11 is 0. The van der Waals surface area contributed by atoms with Crippen molar-refractivity contribution in [2.45, 2.75) is 19.4 Å². The van der Waals surface area contributed by atoms with Crippen LogP contribution in [0.3, 0.4) is 0 Å². The summed E-state index contributed by atoms with van der Waals surface area (Å²) in [6.45, 7) is 2.76. The van der Waals surface area contributed by atoms with Gasteiger partial charge in [-0.2, -0.15) is 0 Å². The highest BCUT2D eigenvalue weighted by Gasteiger charge is 2.25. The average Bonchev–Trinajstić information content (AvgIpc) is 2.89. The number of hydrogen-bond donors (Lipinski definition) is 1. The van der Waals surface area contributed by atoms with Crippen LogP contribution in [-0.4, -0.2) is 13.7 Å². The molecule has 1 heterocycles. The Bertz CT molecular complexity index is 670. The van der Waals surface area contributed by atoms with Crippen molar-refractivity contribution < 1.29 is 9.13 Å². The van der Waals surface area contributed by atoms with Gasteiger partial charge < -0.3 is 15.4 Å². The van der Waals surface area contributed by atoms with Crippen LogP contribution in [0.15, 0.2) is 36.4 Å². The quantitative estimate of drug-likeness (QED) is 0.937. The zero-order valence-corrected chi connectivity index (χ0v) is 12.3. The van der Waals surface area contributed by atoms with E-state index in [-0.39, 0.29) is 11.9 Å². The number of hydrogen-bond acceptors (Lipinski definition) is 3. The smallest absolute Gasteiger partial charge is 0.125 e. The van der Waals surface area contributed by atoms with Gasteiger partial charge in [0.15, 0.2) is 0 Å².